The Hall–Kier alpha value is -1.94. The summed E-state index contributed by atoms with van der Waals surface area (Å²) in [5, 5.41) is 8.24. The van der Waals surface area contributed by atoms with Gasteiger partial charge in [-0.05, 0) is 31.4 Å². The molecule has 26 heavy (non-hydrogen) atoms. The van der Waals surface area contributed by atoms with Crippen LogP contribution in [0.4, 0.5) is 0 Å². The van der Waals surface area contributed by atoms with Gasteiger partial charge in [0.1, 0.15) is 0 Å². The molecule has 1 saturated carbocycles. The number of hydrogen-bond acceptors (Lipinski definition) is 8. The Morgan fingerprint density at radius 1 is 1.27 bits per heavy atom. The highest BCUT2D eigenvalue weighted by molar-refractivity contribution is 7.99. The van der Waals surface area contributed by atoms with Crippen molar-refractivity contribution in [3.05, 3.63) is 24.5 Å². The second-order valence-corrected chi connectivity index (χ2v) is 9.65. The molecular weight excluding hydrogens is 376 g/mol. The fourth-order valence-corrected chi connectivity index (χ4v) is 5.47. The molecule has 0 bridgehead atoms. The van der Waals surface area contributed by atoms with Gasteiger partial charge < -0.3 is 9.32 Å². The van der Waals surface area contributed by atoms with Crippen LogP contribution < -0.4 is 0 Å². The van der Waals surface area contributed by atoms with Gasteiger partial charge in [0.15, 0.2) is 9.84 Å². The first-order valence-electron chi connectivity index (χ1n) is 8.40. The Morgan fingerprint density at radius 2 is 2.12 bits per heavy atom. The highest BCUT2D eigenvalue weighted by atomic mass is 32.2. The van der Waals surface area contributed by atoms with Crippen LogP contribution in [-0.4, -0.2) is 63.7 Å². The second kappa shape index (κ2) is 6.99. The minimum Gasteiger partial charge on any atom is -0.411 e. The molecule has 2 aliphatic rings. The van der Waals surface area contributed by atoms with E-state index in [1.165, 1.54) is 11.8 Å². The normalized spacial score (nSPS) is 21.6. The molecule has 0 radical (unpaired) electrons. The van der Waals surface area contributed by atoms with Crippen molar-refractivity contribution >= 4 is 27.5 Å². The number of thioether (sulfide) groups is 1. The standard InChI is InChI=1S/C16H18N4O4S2/c21-14(20(12-3-4-12)13-5-7-26(22,23)10-13)9-25-16-19-18-15(24-16)11-2-1-6-17-8-11/h1-2,6,8,12-13H,3-5,7,9-10H2/t13-/m0/s1. The molecular formula is C16H18N4O4S2. The molecule has 4 rings (SSSR count). The Kier molecular flexibility index (Phi) is 4.70. The van der Waals surface area contributed by atoms with Crippen molar-refractivity contribution in [2.75, 3.05) is 17.3 Å². The molecule has 10 heteroatoms. The average Bonchev–Trinajstić information content (AvgIpc) is 3.22. The number of carbonyl (C=O) groups excluding carboxylic acids is 1. The van der Waals surface area contributed by atoms with Crippen molar-refractivity contribution < 1.29 is 17.6 Å². The van der Waals surface area contributed by atoms with Crippen LogP contribution in [0.25, 0.3) is 11.5 Å². The first kappa shape index (κ1) is 17.5. The van der Waals surface area contributed by atoms with Gasteiger partial charge in [-0.3, -0.25) is 9.78 Å². The summed E-state index contributed by atoms with van der Waals surface area (Å²) in [4.78, 5) is 18.5. The number of pyridine rings is 1. The van der Waals surface area contributed by atoms with Crippen LogP contribution in [0.1, 0.15) is 19.3 Å². The monoisotopic (exact) mass is 394 g/mol. The highest BCUT2D eigenvalue weighted by Gasteiger charge is 2.42. The largest absolute Gasteiger partial charge is 0.411 e. The molecule has 3 heterocycles. The van der Waals surface area contributed by atoms with Crippen LogP contribution in [0.2, 0.25) is 0 Å². The third kappa shape index (κ3) is 3.90. The Labute approximate surface area is 155 Å². The van der Waals surface area contributed by atoms with E-state index in [1.54, 1.807) is 23.4 Å². The van der Waals surface area contributed by atoms with Gasteiger partial charge >= 0.3 is 0 Å². The fourth-order valence-electron chi connectivity index (χ4n) is 3.12. The van der Waals surface area contributed by atoms with Crippen molar-refractivity contribution in [1.29, 1.82) is 0 Å². The minimum absolute atomic E-state index is 0.0688. The smallest absolute Gasteiger partial charge is 0.277 e. The zero-order chi connectivity index (χ0) is 18.1. The van der Waals surface area contributed by atoms with Gasteiger partial charge in [-0.25, -0.2) is 8.42 Å². The van der Waals surface area contributed by atoms with E-state index < -0.39 is 9.84 Å². The molecule has 138 valence electrons. The first-order chi connectivity index (χ1) is 12.5. The quantitative estimate of drug-likeness (QED) is 0.677. The molecule has 2 aromatic rings. The average molecular weight is 394 g/mol. The van der Waals surface area contributed by atoms with Crippen molar-refractivity contribution in [2.24, 2.45) is 0 Å². The van der Waals surface area contributed by atoms with Gasteiger partial charge in [-0.15, -0.1) is 10.2 Å². The molecule has 0 spiro atoms. The summed E-state index contributed by atoms with van der Waals surface area (Å²) in [5.74, 6) is 0.682. The van der Waals surface area contributed by atoms with E-state index in [2.05, 4.69) is 15.2 Å². The minimum atomic E-state index is -3.02. The van der Waals surface area contributed by atoms with E-state index in [-0.39, 0.29) is 35.2 Å². The summed E-state index contributed by atoms with van der Waals surface area (Å²) in [6.07, 6.45) is 5.70. The lowest BCUT2D eigenvalue weighted by molar-refractivity contribution is -0.130. The fraction of sp³-hybridized carbons (Fsp3) is 0.500. The van der Waals surface area contributed by atoms with Crippen LogP contribution in [0.3, 0.4) is 0 Å². The van der Waals surface area contributed by atoms with Crippen LogP contribution in [0.15, 0.2) is 34.2 Å². The lowest BCUT2D eigenvalue weighted by atomic mass is 10.2. The zero-order valence-electron chi connectivity index (χ0n) is 13.9. The van der Waals surface area contributed by atoms with E-state index in [0.717, 1.165) is 12.8 Å². The second-order valence-electron chi connectivity index (χ2n) is 6.49. The van der Waals surface area contributed by atoms with Crippen molar-refractivity contribution in [2.45, 2.75) is 36.6 Å². The summed E-state index contributed by atoms with van der Waals surface area (Å²) >= 11 is 1.17. The predicted molar refractivity (Wildman–Crippen MR) is 95.2 cm³/mol. The van der Waals surface area contributed by atoms with Crippen LogP contribution in [0, 0.1) is 0 Å². The molecule has 2 aromatic heterocycles. The van der Waals surface area contributed by atoms with E-state index in [4.69, 9.17) is 4.42 Å². The Morgan fingerprint density at radius 3 is 2.77 bits per heavy atom. The first-order valence-corrected chi connectivity index (χ1v) is 11.2. The van der Waals surface area contributed by atoms with Crippen molar-refractivity contribution in [1.82, 2.24) is 20.1 Å². The molecule has 0 unspecified atom stereocenters. The molecule has 1 aliphatic carbocycles. The van der Waals surface area contributed by atoms with Gasteiger partial charge in [0.05, 0.1) is 22.8 Å². The van der Waals surface area contributed by atoms with Crippen molar-refractivity contribution in [3.63, 3.8) is 0 Å². The maximum Gasteiger partial charge on any atom is 0.277 e. The van der Waals surface area contributed by atoms with Crippen LogP contribution >= 0.6 is 11.8 Å². The summed E-state index contributed by atoms with van der Waals surface area (Å²) < 4.78 is 29.1. The molecule has 2 fully saturated rings. The summed E-state index contributed by atoms with van der Waals surface area (Å²) in [7, 11) is -3.02. The number of nitrogens with zero attached hydrogens (tertiary/aromatic N) is 4. The molecule has 1 atom stereocenters. The van der Waals surface area contributed by atoms with E-state index in [1.807, 2.05) is 6.07 Å². The lowest BCUT2D eigenvalue weighted by Crippen LogP contribution is -2.43. The van der Waals surface area contributed by atoms with Crippen LogP contribution in [-0.2, 0) is 14.6 Å². The molecule has 1 amide bonds. The van der Waals surface area contributed by atoms with Gasteiger partial charge in [0.25, 0.3) is 5.22 Å². The number of sulfone groups is 1. The maximum atomic E-state index is 12.7. The Bertz CT molecular complexity index is 896. The zero-order valence-corrected chi connectivity index (χ0v) is 15.6. The molecule has 0 N–H and O–H groups in total. The SMILES string of the molecule is O=C(CSc1nnc(-c2cccnc2)o1)N(C1CC1)[C@H]1CCS(=O)(=O)C1. The summed E-state index contributed by atoms with van der Waals surface area (Å²) in [6, 6.07) is 3.57. The van der Waals surface area contributed by atoms with E-state index >= 15 is 0 Å². The summed E-state index contributed by atoms with van der Waals surface area (Å²) in [6.45, 7) is 0. The molecule has 1 aliphatic heterocycles. The maximum absolute atomic E-state index is 12.7. The molecule has 1 saturated heterocycles. The van der Waals surface area contributed by atoms with Gasteiger partial charge in [-0.2, -0.15) is 0 Å². The van der Waals surface area contributed by atoms with Gasteiger partial charge in [0.2, 0.25) is 11.8 Å². The number of hydrogen-bond donors (Lipinski definition) is 0. The number of amides is 1. The summed E-state index contributed by atoms with van der Waals surface area (Å²) in [5.41, 5.74) is 0.717. The predicted octanol–water partition coefficient (Wildman–Crippen LogP) is 1.40. The molecule has 8 nitrogen and oxygen atoms in total. The van der Waals surface area contributed by atoms with Gasteiger partial charge in [0, 0.05) is 24.5 Å². The van der Waals surface area contributed by atoms with Crippen molar-refractivity contribution in [3.8, 4) is 11.5 Å². The van der Waals surface area contributed by atoms with E-state index in [0.29, 0.717) is 23.1 Å². The number of aromatic nitrogens is 3. The third-order valence-electron chi connectivity index (χ3n) is 4.46. The van der Waals surface area contributed by atoms with Crippen LogP contribution in [0.5, 0.6) is 0 Å². The van der Waals surface area contributed by atoms with E-state index in [9.17, 15) is 13.2 Å². The molecule has 0 aromatic carbocycles. The Balaban J connectivity index is 1.39. The number of carbonyl (C=O) groups is 1. The van der Waals surface area contributed by atoms with Gasteiger partial charge in [-0.1, -0.05) is 11.8 Å². The number of rotatable bonds is 6. The third-order valence-corrected chi connectivity index (χ3v) is 7.02. The lowest BCUT2D eigenvalue weighted by Gasteiger charge is -2.28. The highest BCUT2D eigenvalue weighted by Crippen LogP contribution is 2.33. The topological polar surface area (TPSA) is 106 Å².